The molecule has 2 aromatic carbocycles. The number of anilines is 1. The topological polar surface area (TPSA) is 84.1 Å². The SMILES string of the molecule is NCCc1nc(N[C@@H](CO)c2ccccc2)c2ccccc2n1. The number of nitrogens with one attached hydrogen (secondary N) is 1. The molecule has 0 saturated heterocycles. The van der Waals surface area contributed by atoms with Crippen molar-refractivity contribution < 1.29 is 5.11 Å². The number of nitrogens with zero attached hydrogens (tertiary/aromatic N) is 2. The number of rotatable bonds is 6. The second-order valence-electron chi connectivity index (χ2n) is 5.33. The highest BCUT2D eigenvalue weighted by Gasteiger charge is 2.14. The molecule has 4 N–H and O–H groups in total. The Labute approximate surface area is 135 Å². The maximum Gasteiger partial charge on any atom is 0.138 e. The number of aromatic nitrogens is 2. The average Bonchev–Trinajstić information content (AvgIpc) is 2.60. The van der Waals surface area contributed by atoms with Gasteiger partial charge < -0.3 is 16.2 Å². The highest BCUT2D eigenvalue weighted by Crippen LogP contribution is 2.24. The molecule has 23 heavy (non-hydrogen) atoms. The second kappa shape index (κ2) is 7.17. The smallest absolute Gasteiger partial charge is 0.138 e. The van der Waals surface area contributed by atoms with E-state index in [9.17, 15) is 5.11 Å². The van der Waals surface area contributed by atoms with Crippen LogP contribution in [0.4, 0.5) is 5.82 Å². The van der Waals surface area contributed by atoms with E-state index in [1.54, 1.807) is 0 Å². The van der Waals surface area contributed by atoms with Crippen LogP contribution in [-0.4, -0.2) is 28.2 Å². The Bertz CT molecular complexity index is 776. The molecular weight excluding hydrogens is 288 g/mol. The monoisotopic (exact) mass is 308 g/mol. The van der Waals surface area contributed by atoms with Crippen LogP contribution >= 0.6 is 0 Å². The molecular formula is C18H20N4O. The molecule has 1 heterocycles. The third-order valence-electron chi connectivity index (χ3n) is 3.71. The van der Waals surface area contributed by atoms with Crippen LogP contribution in [0, 0.1) is 0 Å². The highest BCUT2D eigenvalue weighted by atomic mass is 16.3. The number of nitrogens with two attached hydrogens (primary N) is 1. The molecule has 1 atom stereocenters. The van der Waals surface area contributed by atoms with Crippen molar-refractivity contribution in [3.8, 4) is 0 Å². The standard InChI is InChI=1S/C18H20N4O/c19-11-10-17-20-15-9-5-4-8-14(15)18(22-17)21-16(12-23)13-6-2-1-3-7-13/h1-9,16,23H,10-12,19H2,(H,20,21,22)/t16-/m0/s1. The minimum Gasteiger partial charge on any atom is -0.394 e. The first-order chi connectivity index (χ1) is 11.3. The van der Waals surface area contributed by atoms with E-state index in [1.165, 1.54) is 0 Å². The van der Waals surface area contributed by atoms with Gasteiger partial charge in [-0.2, -0.15) is 0 Å². The molecule has 3 rings (SSSR count). The van der Waals surface area contributed by atoms with Crippen molar-refractivity contribution in [1.29, 1.82) is 0 Å². The lowest BCUT2D eigenvalue weighted by Crippen LogP contribution is -2.17. The number of aliphatic hydroxyl groups excluding tert-OH is 1. The summed E-state index contributed by atoms with van der Waals surface area (Å²) in [5.41, 5.74) is 7.52. The largest absolute Gasteiger partial charge is 0.394 e. The molecule has 0 fully saturated rings. The Kier molecular flexibility index (Phi) is 4.80. The molecule has 1 aromatic heterocycles. The fraction of sp³-hybridized carbons (Fsp3) is 0.222. The molecule has 0 aliphatic rings. The van der Waals surface area contributed by atoms with Gasteiger partial charge in [0.15, 0.2) is 0 Å². The van der Waals surface area contributed by atoms with E-state index >= 15 is 0 Å². The van der Waals surface area contributed by atoms with Gasteiger partial charge in [-0.25, -0.2) is 9.97 Å². The van der Waals surface area contributed by atoms with Gasteiger partial charge in [0.05, 0.1) is 18.2 Å². The van der Waals surface area contributed by atoms with Gasteiger partial charge in [0.25, 0.3) is 0 Å². The molecule has 0 spiro atoms. The summed E-state index contributed by atoms with van der Waals surface area (Å²) in [5, 5.41) is 14.0. The van der Waals surface area contributed by atoms with E-state index in [0.29, 0.717) is 18.8 Å². The Morgan fingerprint density at radius 2 is 1.74 bits per heavy atom. The third kappa shape index (κ3) is 3.47. The summed E-state index contributed by atoms with van der Waals surface area (Å²) in [6.45, 7) is 0.481. The van der Waals surface area contributed by atoms with Gasteiger partial charge in [0, 0.05) is 11.8 Å². The van der Waals surface area contributed by atoms with Crippen molar-refractivity contribution in [3.05, 3.63) is 66.0 Å². The van der Waals surface area contributed by atoms with Crippen LogP contribution in [-0.2, 0) is 6.42 Å². The molecule has 0 bridgehead atoms. The normalized spacial score (nSPS) is 12.3. The Balaban J connectivity index is 2.00. The van der Waals surface area contributed by atoms with Gasteiger partial charge >= 0.3 is 0 Å². The van der Waals surface area contributed by atoms with Crippen LogP contribution in [0.3, 0.4) is 0 Å². The van der Waals surface area contributed by atoms with Crippen molar-refractivity contribution in [2.75, 3.05) is 18.5 Å². The highest BCUT2D eigenvalue weighted by molar-refractivity contribution is 5.89. The fourth-order valence-electron chi connectivity index (χ4n) is 2.56. The summed E-state index contributed by atoms with van der Waals surface area (Å²) in [7, 11) is 0. The minimum absolute atomic E-state index is 0.0193. The summed E-state index contributed by atoms with van der Waals surface area (Å²) in [6.07, 6.45) is 0.620. The second-order valence-corrected chi connectivity index (χ2v) is 5.33. The van der Waals surface area contributed by atoms with E-state index < -0.39 is 0 Å². The Morgan fingerprint density at radius 3 is 2.48 bits per heavy atom. The molecule has 5 nitrogen and oxygen atoms in total. The summed E-state index contributed by atoms with van der Waals surface area (Å²) in [6, 6.07) is 17.5. The Hall–Kier alpha value is -2.50. The molecule has 0 saturated carbocycles. The molecule has 5 heteroatoms. The fourth-order valence-corrected chi connectivity index (χ4v) is 2.56. The molecule has 118 valence electrons. The van der Waals surface area contributed by atoms with E-state index in [1.807, 2.05) is 54.6 Å². The number of aliphatic hydroxyl groups is 1. The van der Waals surface area contributed by atoms with E-state index in [0.717, 1.165) is 22.3 Å². The molecule has 0 radical (unpaired) electrons. The lowest BCUT2D eigenvalue weighted by Gasteiger charge is -2.19. The number of para-hydroxylation sites is 1. The maximum atomic E-state index is 9.76. The van der Waals surface area contributed by atoms with Gasteiger partial charge in [0.1, 0.15) is 11.6 Å². The number of benzene rings is 2. The first-order valence-corrected chi connectivity index (χ1v) is 7.70. The first kappa shape index (κ1) is 15.4. The lowest BCUT2D eigenvalue weighted by molar-refractivity contribution is 0.276. The van der Waals surface area contributed by atoms with Crippen LogP contribution in [0.15, 0.2) is 54.6 Å². The first-order valence-electron chi connectivity index (χ1n) is 7.70. The van der Waals surface area contributed by atoms with Crippen LogP contribution in [0.2, 0.25) is 0 Å². The summed E-state index contributed by atoms with van der Waals surface area (Å²) in [5.74, 6) is 1.43. The van der Waals surface area contributed by atoms with Crippen LogP contribution in [0.25, 0.3) is 10.9 Å². The molecule has 0 aliphatic heterocycles. The third-order valence-corrected chi connectivity index (χ3v) is 3.71. The van der Waals surface area contributed by atoms with Crippen molar-refractivity contribution >= 4 is 16.7 Å². The van der Waals surface area contributed by atoms with Gasteiger partial charge in [-0.3, -0.25) is 0 Å². The summed E-state index contributed by atoms with van der Waals surface area (Å²) in [4.78, 5) is 9.13. The van der Waals surface area contributed by atoms with Gasteiger partial charge in [-0.15, -0.1) is 0 Å². The van der Waals surface area contributed by atoms with E-state index in [2.05, 4.69) is 15.3 Å². The zero-order valence-corrected chi connectivity index (χ0v) is 12.8. The Morgan fingerprint density at radius 1 is 1.00 bits per heavy atom. The zero-order chi connectivity index (χ0) is 16.1. The number of hydrogen-bond acceptors (Lipinski definition) is 5. The number of hydrogen-bond donors (Lipinski definition) is 3. The van der Waals surface area contributed by atoms with E-state index in [4.69, 9.17) is 5.73 Å². The van der Waals surface area contributed by atoms with Gasteiger partial charge in [-0.05, 0) is 24.2 Å². The van der Waals surface area contributed by atoms with Crippen molar-refractivity contribution in [1.82, 2.24) is 9.97 Å². The maximum absolute atomic E-state index is 9.76. The van der Waals surface area contributed by atoms with Crippen molar-refractivity contribution in [2.24, 2.45) is 5.73 Å². The summed E-state index contributed by atoms with van der Waals surface area (Å²) < 4.78 is 0. The average molecular weight is 308 g/mol. The molecule has 0 aliphatic carbocycles. The van der Waals surface area contributed by atoms with Gasteiger partial charge in [0.2, 0.25) is 0 Å². The van der Waals surface area contributed by atoms with Crippen LogP contribution in [0.1, 0.15) is 17.4 Å². The molecule has 0 unspecified atom stereocenters. The van der Waals surface area contributed by atoms with Crippen molar-refractivity contribution in [2.45, 2.75) is 12.5 Å². The lowest BCUT2D eigenvalue weighted by atomic mass is 10.1. The quantitative estimate of drug-likeness (QED) is 0.650. The number of fused-ring (bicyclic) bond motifs is 1. The van der Waals surface area contributed by atoms with Crippen LogP contribution < -0.4 is 11.1 Å². The molecule has 3 aromatic rings. The van der Waals surface area contributed by atoms with Crippen molar-refractivity contribution in [3.63, 3.8) is 0 Å². The van der Waals surface area contributed by atoms with Gasteiger partial charge in [-0.1, -0.05) is 42.5 Å². The minimum atomic E-state index is -0.222. The molecule has 0 amide bonds. The predicted molar refractivity (Wildman–Crippen MR) is 92.2 cm³/mol. The van der Waals surface area contributed by atoms with Crippen LogP contribution in [0.5, 0.6) is 0 Å². The summed E-state index contributed by atoms with van der Waals surface area (Å²) >= 11 is 0. The van der Waals surface area contributed by atoms with E-state index in [-0.39, 0.29) is 12.6 Å². The zero-order valence-electron chi connectivity index (χ0n) is 12.8. The predicted octanol–water partition coefficient (Wildman–Crippen LogP) is 2.28.